The monoisotopic (exact) mass is 493 g/mol. The van der Waals surface area contributed by atoms with Crippen LogP contribution >= 0.6 is 0 Å². The number of H-pyrrole nitrogens is 1. The number of anilines is 2. The quantitative estimate of drug-likeness (QED) is 0.424. The van der Waals surface area contributed by atoms with E-state index >= 15 is 0 Å². The zero-order chi connectivity index (χ0) is 26.2. The Morgan fingerprint density at radius 1 is 1.06 bits per heavy atom. The highest BCUT2D eigenvalue weighted by Gasteiger charge is 2.25. The predicted molar refractivity (Wildman–Crippen MR) is 143 cm³/mol. The number of benzene rings is 2. The van der Waals surface area contributed by atoms with E-state index in [0.717, 1.165) is 16.7 Å². The van der Waals surface area contributed by atoms with Crippen LogP contribution in [-0.4, -0.2) is 54.2 Å². The second-order valence-corrected chi connectivity index (χ2v) is 9.27. The summed E-state index contributed by atoms with van der Waals surface area (Å²) in [5.74, 6) is -0.227. The number of aromatic nitrogens is 2. The summed E-state index contributed by atoms with van der Waals surface area (Å²) in [6.07, 6.45) is 0. The Kier molecular flexibility index (Phi) is 9.21. The lowest BCUT2D eigenvalue weighted by atomic mass is 10.0. The van der Waals surface area contributed by atoms with Gasteiger partial charge in [0, 0.05) is 26.7 Å². The number of nitrogen functional groups attached to an aromatic ring is 1. The Morgan fingerprint density at radius 3 is 2.31 bits per heavy atom. The van der Waals surface area contributed by atoms with Gasteiger partial charge in [-0.3, -0.25) is 24.0 Å². The minimum atomic E-state index is -0.693. The molecular weight excluding hydrogens is 458 g/mol. The molecule has 9 heteroatoms. The molecule has 0 saturated heterocycles. The summed E-state index contributed by atoms with van der Waals surface area (Å²) in [6.45, 7) is 5.11. The Labute approximate surface area is 211 Å². The number of hydrogen-bond donors (Lipinski definition) is 2. The summed E-state index contributed by atoms with van der Waals surface area (Å²) >= 11 is 0. The van der Waals surface area contributed by atoms with Gasteiger partial charge >= 0.3 is 5.69 Å². The molecule has 0 aliphatic rings. The third-order valence-electron chi connectivity index (χ3n) is 5.77. The summed E-state index contributed by atoms with van der Waals surface area (Å²) in [5, 5.41) is 0. The van der Waals surface area contributed by atoms with Gasteiger partial charge in [0.05, 0.1) is 13.2 Å². The van der Waals surface area contributed by atoms with Crippen LogP contribution in [0.3, 0.4) is 0 Å². The van der Waals surface area contributed by atoms with E-state index in [2.05, 4.69) is 29.2 Å². The first-order chi connectivity index (χ1) is 17.2. The number of carbonyl (C=O) groups is 1. The molecule has 2 aromatic carbocycles. The van der Waals surface area contributed by atoms with Crippen molar-refractivity contribution in [3.63, 3.8) is 0 Å². The molecule has 9 nitrogen and oxygen atoms in total. The van der Waals surface area contributed by atoms with E-state index in [1.165, 1.54) is 16.6 Å². The van der Waals surface area contributed by atoms with Crippen molar-refractivity contribution >= 4 is 17.4 Å². The van der Waals surface area contributed by atoms with Gasteiger partial charge in [0.25, 0.3) is 5.56 Å². The highest BCUT2D eigenvalue weighted by atomic mass is 16.5. The van der Waals surface area contributed by atoms with E-state index in [9.17, 15) is 14.4 Å². The van der Waals surface area contributed by atoms with Crippen LogP contribution in [-0.2, 0) is 22.6 Å². The summed E-state index contributed by atoms with van der Waals surface area (Å²) in [6, 6.07) is 18.3. The molecule has 1 heterocycles. The molecular formula is C27H35N5O4. The predicted octanol–water partition coefficient (Wildman–Crippen LogP) is 2.55. The van der Waals surface area contributed by atoms with E-state index < -0.39 is 11.2 Å². The number of likely N-dealkylation sites (N-methyl/N-ethyl adjacent to an activating group) is 1. The number of hydrogen-bond acceptors (Lipinski definition) is 6. The topological polar surface area (TPSA) is 114 Å². The van der Waals surface area contributed by atoms with Crippen molar-refractivity contribution in [2.45, 2.75) is 26.9 Å². The van der Waals surface area contributed by atoms with Gasteiger partial charge in [-0.25, -0.2) is 4.79 Å². The molecule has 192 valence electrons. The molecule has 0 unspecified atom stereocenters. The molecule has 3 rings (SSSR count). The Balaban J connectivity index is 1.78. The fourth-order valence-corrected chi connectivity index (χ4v) is 4.05. The van der Waals surface area contributed by atoms with Crippen LogP contribution < -0.4 is 21.9 Å². The highest BCUT2D eigenvalue weighted by molar-refractivity contribution is 5.96. The SMILES string of the molecule is COCCN(C(=O)CN(C)Cc1ccc(-c2ccccc2)cc1)c1c(N)n(CC(C)C)c(=O)[nH]c1=O. The zero-order valence-electron chi connectivity index (χ0n) is 21.4. The van der Waals surface area contributed by atoms with Crippen LogP contribution in [0.5, 0.6) is 0 Å². The molecule has 3 N–H and O–H groups in total. The van der Waals surface area contributed by atoms with E-state index in [1.54, 1.807) is 0 Å². The van der Waals surface area contributed by atoms with Gasteiger partial charge in [-0.1, -0.05) is 68.4 Å². The van der Waals surface area contributed by atoms with Crippen molar-refractivity contribution in [1.82, 2.24) is 14.5 Å². The van der Waals surface area contributed by atoms with Gasteiger partial charge in [-0.05, 0) is 29.7 Å². The molecule has 1 aromatic heterocycles. The van der Waals surface area contributed by atoms with Gasteiger partial charge in [-0.2, -0.15) is 0 Å². The summed E-state index contributed by atoms with van der Waals surface area (Å²) in [4.78, 5) is 43.9. The van der Waals surface area contributed by atoms with Crippen LogP contribution in [0.25, 0.3) is 11.1 Å². The Bertz CT molecular complexity index is 1270. The van der Waals surface area contributed by atoms with Crippen LogP contribution in [0.2, 0.25) is 0 Å². The number of nitrogens with one attached hydrogen (secondary N) is 1. The third kappa shape index (κ3) is 6.71. The van der Waals surface area contributed by atoms with Crippen LogP contribution in [0.15, 0.2) is 64.2 Å². The maximum atomic E-state index is 13.3. The molecule has 3 aromatic rings. The Morgan fingerprint density at radius 2 is 1.69 bits per heavy atom. The molecule has 0 atom stereocenters. The first-order valence-electron chi connectivity index (χ1n) is 12.0. The molecule has 0 fully saturated rings. The lowest BCUT2D eigenvalue weighted by Gasteiger charge is -2.27. The normalized spacial score (nSPS) is 11.3. The lowest BCUT2D eigenvalue weighted by molar-refractivity contribution is -0.119. The van der Waals surface area contributed by atoms with Crippen LogP contribution in [0.1, 0.15) is 19.4 Å². The molecule has 0 bridgehead atoms. The minimum Gasteiger partial charge on any atom is -0.383 e. The molecule has 0 radical (unpaired) electrons. The smallest absolute Gasteiger partial charge is 0.330 e. The maximum absolute atomic E-state index is 13.3. The second-order valence-electron chi connectivity index (χ2n) is 9.27. The summed E-state index contributed by atoms with van der Waals surface area (Å²) < 4.78 is 6.46. The van der Waals surface area contributed by atoms with E-state index in [0.29, 0.717) is 13.1 Å². The fraction of sp³-hybridized carbons (Fsp3) is 0.370. The van der Waals surface area contributed by atoms with Gasteiger partial charge in [-0.15, -0.1) is 0 Å². The van der Waals surface area contributed by atoms with E-state index in [1.807, 2.05) is 56.1 Å². The number of nitrogens with two attached hydrogens (primary N) is 1. The second kappa shape index (κ2) is 12.3. The standard InChI is InChI=1S/C27H35N5O4/c1-19(2)16-32-25(28)24(26(34)29-27(32)35)31(14-15-36-4)23(33)18-30(3)17-20-10-12-22(13-11-20)21-8-6-5-7-9-21/h5-13,19H,14-18,28H2,1-4H3,(H,29,34,35). The molecule has 0 saturated carbocycles. The third-order valence-corrected chi connectivity index (χ3v) is 5.77. The first-order valence-corrected chi connectivity index (χ1v) is 12.0. The number of carbonyl (C=O) groups excluding carboxylic acids is 1. The van der Waals surface area contributed by atoms with Crippen molar-refractivity contribution in [2.75, 3.05) is 44.5 Å². The molecule has 1 amide bonds. The highest BCUT2D eigenvalue weighted by Crippen LogP contribution is 2.21. The number of aromatic amines is 1. The van der Waals surface area contributed by atoms with Crippen molar-refractivity contribution in [2.24, 2.45) is 5.92 Å². The number of nitrogens with zero attached hydrogens (tertiary/aromatic N) is 3. The maximum Gasteiger partial charge on any atom is 0.330 e. The largest absolute Gasteiger partial charge is 0.383 e. The van der Waals surface area contributed by atoms with Crippen molar-refractivity contribution in [3.05, 3.63) is 81.0 Å². The van der Waals surface area contributed by atoms with Gasteiger partial charge in [0.2, 0.25) is 5.91 Å². The average molecular weight is 494 g/mol. The van der Waals surface area contributed by atoms with Gasteiger partial charge in [0.1, 0.15) is 5.82 Å². The fourth-order valence-electron chi connectivity index (χ4n) is 4.05. The van der Waals surface area contributed by atoms with Crippen molar-refractivity contribution in [3.8, 4) is 11.1 Å². The summed E-state index contributed by atoms with van der Waals surface area (Å²) in [5.41, 5.74) is 8.25. The molecule has 0 aliphatic carbocycles. The number of ether oxygens (including phenoxy) is 1. The molecule has 0 spiro atoms. The number of amides is 1. The van der Waals surface area contributed by atoms with Gasteiger partial charge < -0.3 is 15.4 Å². The first kappa shape index (κ1) is 26.9. The van der Waals surface area contributed by atoms with E-state index in [-0.39, 0.29) is 43.0 Å². The lowest BCUT2D eigenvalue weighted by Crippen LogP contribution is -2.46. The zero-order valence-corrected chi connectivity index (χ0v) is 21.4. The van der Waals surface area contributed by atoms with Crippen LogP contribution in [0.4, 0.5) is 11.5 Å². The number of rotatable bonds is 11. The Hall–Kier alpha value is -3.69. The van der Waals surface area contributed by atoms with E-state index in [4.69, 9.17) is 10.5 Å². The van der Waals surface area contributed by atoms with Crippen LogP contribution in [0, 0.1) is 5.92 Å². The molecule has 0 aliphatic heterocycles. The minimum absolute atomic E-state index is 0.0268. The molecule has 36 heavy (non-hydrogen) atoms. The number of methoxy groups -OCH3 is 1. The summed E-state index contributed by atoms with van der Waals surface area (Å²) in [7, 11) is 3.35. The van der Waals surface area contributed by atoms with Gasteiger partial charge in [0.15, 0.2) is 5.69 Å². The van der Waals surface area contributed by atoms with Crippen molar-refractivity contribution < 1.29 is 9.53 Å². The van der Waals surface area contributed by atoms with Crippen molar-refractivity contribution in [1.29, 1.82) is 0 Å². The average Bonchev–Trinajstić information content (AvgIpc) is 2.84.